The molecule has 3 aromatic heterocycles. The molecule has 3 amide bonds. The predicted octanol–water partition coefficient (Wildman–Crippen LogP) is 3.57. The van der Waals surface area contributed by atoms with Crippen LogP contribution in [0.15, 0.2) is 53.5 Å². The van der Waals surface area contributed by atoms with Crippen LogP contribution in [0.25, 0.3) is 33.5 Å². The van der Waals surface area contributed by atoms with Crippen LogP contribution in [0.5, 0.6) is 0 Å². The van der Waals surface area contributed by atoms with Gasteiger partial charge in [0.2, 0.25) is 11.8 Å². The minimum Gasteiger partial charge on any atom is -0.365 e. The quantitative estimate of drug-likeness (QED) is 0.175. The van der Waals surface area contributed by atoms with Gasteiger partial charge < -0.3 is 19.9 Å². The monoisotopic (exact) mass is 796 g/mol. The number of amides is 3. The Kier molecular flexibility index (Phi) is 9.15. The third-order valence-corrected chi connectivity index (χ3v) is 13.0. The molecular weight excluding hydrogens is 752 g/mol. The molecule has 7 heterocycles. The second-order valence-electron chi connectivity index (χ2n) is 16.8. The maximum atomic E-state index is 15.8. The smallest absolute Gasteiger partial charge is 0.329 e. The summed E-state index contributed by atoms with van der Waals surface area (Å²) in [6.45, 7) is 4.89. The zero-order valence-corrected chi connectivity index (χ0v) is 33.1. The van der Waals surface area contributed by atoms with E-state index in [0.717, 1.165) is 91.1 Å². The lowest BCUT2D eigenvalue weighted by Crippen LogP contribution is -2.65. The highest BCUT2D eigenvalue weighted by atomic mass is 19.1. The Hall–Kier alpha value is -5.88. The second kappa shape index (κ2) is 14.4. The maximum Gasteiger partial charge on any atom is 0.329 e. The molecule has 13 nitrogen and oxygen atoms in total. The number of pyridine rings is 1. The van der Waals surface area contributed by atoms with Crippen molar-refractivity contribution in [1.82, 2.24) is 39.5 Å². The Morgan fingerprint density at radius 2 is 1.81 bits per heavy atom. The van der Waals surface area contributed by atoms with Crippen molar-refractivity contribution in [1.29, 1.82) is 0 Å². The van der Waals surface area contributed by atoms with Crippen molar-refractivity contribution >= 4 is 28.8 Å². The number of rotatable bonds is 6. The summed E-state index contributed by atoms with van der Waals surface area (Å²) in [7, 11) is 3.76. The summed E-state index contributed by atoms with van der Waals surface area (Å²) >= 11 is 0. The van der Waals surface area contributed by atoms with Gasteiger partial charge in [0, 0.05) is 75.8 Å². The number of likely N-dealkylation sites (tertiary alicyclic amines) is 2. The lowest BCUT2D eigenvalue weighted by molar-refractivity contribution is -0.135. The first-order valence-corrected chi connectivity index (χ1v) is 20.4. The lowest BCUT2D eigenvalue weighted by Gasteiger charge is -2.50. The number of hydrogen-bond donors (Lipinski definition) is 3. The number of carbonyl (C=O) groups excluding carboxylic acids is 3. The molecule has 3 N–H and O–H groups in total. The standard InChI is InChI=1S/C45H45FN8O5/c1-51-24-45(25-51)23-48-43(57)38-31-11-9-28-21-47-34(20-32(28)39(31)50-41(38)45)30-10-8-26(19-33(30)46)22-53-16-14-29(15-17-53)59-18-4-6-27-5-3-7-35-40(27)52(2)44(58)54(35)36-12-13-37(55)49-42(36)56/h3,5,7-8,10,19-21,29,36,50H,9,11-18,22-25H2,1-2H3,(H,48,57)(H,49,55,56). The molecule has 3 fully saturated rings. The number of nitrogens with one attached hydrogen (secondary N) is 3. The molecule has 0 radical (unpaired) electrons. The average Bonchev–Trinajstić information content (AvgIpc) is 3.74. The first kappa shape index (κ1) is 37.4. The summed E-state index contributed by atoms with van der Waals surface area (Å²) in [6.07, 6.45) is 5.54. The zero-order chi connectivity index (χ0) is 40.6. The summed E-state index contributed by atoms with van der Waals surface area (Å²) in [5.41, 5.74) is 9.32. The van der Waals surface area contributed by atoms with Crippen LogP contribution in [0.3, 0.4) is 0 Å². The van der Waals surface area contributed by atoms with Crippen LogP contribution < -0.4 is 16.3 Å². The number of fused-ring (bicyclic) bond motifs is 7. The van der Waals surface area contributed by atoms with Crippen molar-refractivity contribution in [3.63, 3.8) is 0 Å². The number of aromatic nitrogens is 4. The van der Waals surface area contributed by atoms with E-state index in [1.165, 1.54) is 9.13 Å². The van der Waals surface area contributed by atoms with Crippen LogP contribution in [0, 0.1) is 17.7 Å². The van der Waals surface area contributed by atoms with E-state index in [4.69, 9.17) is 9.72 Å². The number of imidazole rings is 1. The number of aryl methyl sites for hydroxylation is 2. The van der Waals surface area contributed by atoms with Crippen LogP contribution in [-0.4, -0.2) is 99.1 Å². The van der Waals surface area contributed by atoms with Crippen molar-refractivity contribution in [3.05, 3.63) is 98.5 Å². The van der Waals surface area contributed by atoms with Crippen LogP contribution in [-0.2, 0) is 46.2 Å². The third-order valence-electron chi connectivity index (χ3n) is 13.0. The molecule has 0 saturated carbocycles. The van der Waals surface area contributed by atoms with Gasteiger partial charge in [-0.1, -0.05) is 24.0 Å². The van der Waals surface area contributed by atoms with E-state index >= 15 is 4.39 Å². The molecular formula is C45H45FN8O5. The Morgan fingerprint density at radius 1 is 0.983 bits per heavy atom. The molecule has 2 aromatic carbocycles. The molecule has 14 heteroatoms. The molecule has 1 atom stereocenters. The highest BCUT2D eigenvalue weighted by molar-refractivity contribution is 6.02. The van der Waals surface area contributed by atoms with Gasteiger partial charge in [0.25, 0.3) is 5.91 Å². The molecule has 1 unspecified atom stereocenters. The van der Waals surface area contributed by atoms with E-state index < -0.39 is 11.9 Å². The topological polar surface area (TPSA) is 147 Å². The van der Waals surface area contributed by atoms with Crippen molar-refractivity contribution in [2.45, 2.75) is 62.6 Å². The number of benzene rings is 2. The molecule has 10 rings (SSSR count). The first-order valence-electron chi connectivity index (χ1n) is 20.4. The highest BCUT2D eigenvalue weighted by Crippen LogP contribution is 2.45. The number of carbonyl (C=O) groups is 3. The first-order chi connectivity index (χ1) is 28.6. The number of imide groups is 1. The molecule has 59 heavy (non-hydrogen) atoms. The third kappa shape index (κ3) is 6.39. The fraction of sp³-hybridized carbons (Fsp3) is 0.400. The van der Waals surface area contributed by atoms with Crippen LogP contribution in [0.1, 0.15) is 70.0 Å². The van der Waals surface area contributed by atoms with Gasteiger partial charge in [-0.2, -0.15) is 0 Å². The van der Waals surface area contributed by atoms with Crippen molar-refractivity contribution in [2.75, 3.05) is 46.4 Å². The van der Waals surface area contributed by atoms with E-state index in [-0.39, 0.29) is 54.3 Å². The van der Waals surface area contributed by atoms with E-state index in [1.54, 1.807) is 19.2 Å². The second-order valence-corrected chi connectivity index (χ2v) is 16.8. The van der Waals surface area contributed by atoms with Crippen LogP contribution in [0.4, 0.5) is 4.39 Å². The van der Waals surface area contributed by atoms with E-state index in [1.807, 2.05) is 36.5 Å². The van der Waals surface area contributed by atoms with Gasteiger partial charge in [0.05, 0.1) is 45.1 Å². The van der Waals surface area contributed by atoms with Gasteiger partial charge in [-0.3, -0.25) is 38.7 Å². The minimum atomic E-state index is -0.756. The molecule has 4 aliphatic heterocycles. The maximum absolute atomic E-state index is 15.8. The lowest BCUT2D eigenvalue weighted by atomic mass is 9.73. The number of H-pyrrole nitrogens is 1. The Balaban J connectivity index is 0.770. The molecule has 5 aliphatic rings. The highest BCUT2D eigenvalue weighted by Gasteiger charge is 2.50. The van der Waals surface area contributed by atoms with Crippen molar-refractivity contribution < 1.29 is 23.5 Å². The van der Waals surface area contributed by atoms with Gasteiger partial charge >= 0.3 is 5.69 Å². The minimum absolute atomic E-state index is 0.0117. The van der Waals surface area contributed by atoms with Crippen molar-refractivity contribution in [2.24, 2.45) is 7.05 Å². The molecule has 5 aromatic rings. The zero-order valence-electron chi connectivity index (χ0n) is 33.1. The largest absolute Gasteiger partial charge is 0.365 e. The fourth-order valence-corrected chi connectivity index (χ4v) is 10.1. The Labute approximate surface area is 339 Å². The van der Waals surface area contributed by atoms with Crippen molar-refractivity contribution in [3.8, 4) is 34.4 Å². The normalized spacial score (nSPS) is 20.3. The van der Waals surface area contributed by atoms with Gasteiger partial charge in [-0.25, -0.2) is 9.18 Å². The summed E-state index contributed by atoms with van der Waals surface area (Å²) in [6, 6.07) is 12.1. The predicted molar refractivity (Wildman–Crippen MR) is 218 cm³/mol. The summed E-state index contributed by atoms with van der Waals surface area (Å²) in [5.74, 6) is 5.14. The van der Waals surface area contributed by atoms with Gasteiger partial charge in [0.15, 0.2) is 0 Å². The number of piperidine rings is 2. The SMILES string of the molecule is CN1CC2(CNC(=O)c3c2[nH]c2c3CCc3cnc(-c4ccc(CN5CCC(OCC#Cc6cccc7c6n(C)c(=O)n7C6CCC(=O)NC6=O)CC5)cc4F)cc3-2)C1. The van der Waals surface area contributed by atoms with Crippen LogP contribution in [0.2, 0.25) is 0 Å². The number of nitrogens with zero attached hydrogens (tertiary/aromatic N) is 5. The van der Waals surface area contributed by atoms with E-state index in [2.05, 4.69) is 44.3 Å². The van der Waals surface area contributed by atoms with E-state index in [9.17, 15) is 19.2 Å². The number of likely N-dealkylation sites (N-methyl/N-ethyl adjacent to an activating group) is 1. The number of halogens is 1. The number of ether oxygens (including phenoxy) is 1. The number of para-hydroxylation sites is 1. The molecule has 0 bridgehead atoms. The Bertz CT molecular complexity index is 2700. The average molecular weight is 797 g/mol. The molecule has 1 aliphatic carbocycles. The number of hydrogen-bond acceptors (Lipinski definition) is 8. The number of aromatic amines is 1. The van der Waals surface area contributed by atoms with Gasteiger partial charge in [-0.15, -0.1) is 0 Å². The summed E-state index contributed by atoms with van der Waals surface area (Å²) in [4.78, 5) is 63.6. The Morgan fingerprint density at radius 3 is 2.59 bits per heavy atom. The molecule has 1 spiro atoms. The van der Waals surface area contributed by atoms with Gasteiger partial charge in [0.1, 0.15) is 18.5 Å². The van der Waals surface area contributed by atoms with E-state index in [0.29, 0.717) is 40.9 Å². The summed E-state index contributed by atoms with van der Waals surface area (Å²) < 4.78 is 24.9. The van der Waals surface area contributed by atoms with Gasteiger partial charge in [-0.05, 0) is 86.2 Å². The van der Waals surface area contributed by atoms with Crippen LogP contribution >= 0.6 is 0 Å². The summed E-state index contributed by atoms with van der Waals surface area (Å²) in [5, 5.41) is 5.48. The molecule has 302 valence electrons. The molecule has 3 saturated heterocycles. The fourth-order valence-electron chi connectivity index (χ4n) is 10.1.